The van der Waals surface area contributed by atoms with Crippen molar-refractivity contribution in [2.45, 2.75) is 6.92 Å². The summed E-state index contributed by atoms with van der Waals surface area (Å²) in [6.07, 6.45) is 1.87. The van der Waals surface area contributed by atoms with Gasteiger partial charge in [0.15, 0.2) is 0 Å². The highest BCUT2D eigenvalue weighted by molar-refractivity contribution is 7.80. The smallest absolute Gasteiger partial charge is 0.248 e. The standard InChI is InChI=1S/C7H13N2.CH4O4S/c1-4-9-6-5-8(3)7(9)2;1-5-6(2,3)4/h4H,1,5-6H2,2-3H3;1H3,(H,2,3,4)/q+1;/p-1. The van der Waals surface area contributed by atoms with Crippen LogP contribution in [0.2, 0.25) is 0 Å². The average molecular weight is 236 g/mol. The lowest BCUT2D eigenvalue weighted by molar-refractivity contribution is -0.487. The van der Waals surface area contributed by atoms with E-state index in [1.807, 2.05) is 6.20 Å². The molecule has 15 heavy (non-hydrogen) atoms. The molecule has 0 unspecified atom stereocenters. The van der Waals surface area contributed by atoms with Gasteiger partial charge < -0.3 is 4.55 Å². The molecular formula is C8H16N2O4S. The Kier molecular flexibility index (Phi) is 5.48. The van der Waals surface area contributed by atoms with Gasteiger partial charge in [0.25, 0.3) is 0 Å². The van der Waals surface area contributed by atoms with E-state index in [2.05, 4.69) is 34.2 Å². The fourth-order valence-corrected chi connectivity index (χ4v) is 1.02. The summed E-state index contributed by atoms with van der Waals surface area (Å²) in [5, 5.41) is 0. The van der Waals surface area contributed by atoms with Gasteiger partial charge in [0, 0.05) is 6.92 Å². The van der Waals surface area contributed by atoms with E-state index in [4.69, 9.17) is 0 Å². The van der Waals surface area contributed by atoms with E-state index in [1.54, 1.807) is 0 Å². The Morgan fingerprint density at radius 1 is 1.67 bits per heavy atom. The van der Waals surface area contributed by atoms with Crippen molar-refractivity contribution in [1.82, 2.24) is 4.90 Å². The minimum absolute atomic E-state index is 0.808. The van der Waals surface area contributed by atoms with Crippen molar-refractivity contribution in [3.05, 3.63) is 12.8 Å². The van der Waals surface area contributed by atoms with Crippen LogP contribution in [0.15, 0.2) is 12.8 Å². The van der Waals surface area contributed by atoms with Gasteiger partial charge in [-0.25, -0.2) is 13.3 Å². The van der Waals surface area contributed by atoms with E-state index in [1.165, 1.54) is 5.84 Å². The summed E-state index contributed by atoms with van der Waals surface area (Å²) in [7, 11) is -1.51. The summed E-state index contributed by atoms with van der Waals surface area (Å²) < 4.78 is 33.2. The minimum atomic E-state index is -4.41. The third-order valence-corrected chi connectivity index (χ3v) is 2.48. The fraction of sp³-hybridized carbons (Fsp3) is 0.625. The Balaban J connectivity index is 0.000000288. The number of nitrogens with zero attached hydrogens (tertiary/aromatic N) is 2. The number of likely N-dealkylation sites (N-methyl/N-ethyl adjacent to an activating group) is 1. The fourth-order valence-electron chi connectivity index (χ4n) is 1.02. The highest BCUT2D eigenvalue weighted by atomic mass is 32.3. The normalized spacial score (nSPS) is 16.1. The van der Waals surface area contributed by atoms with E-state index in [-0.39, 0.29) is 0 Å². The molecule has 0 aromatic heterocycles. The van der Waals surface area contributed by atoms with Gasteiger partial charge in [-0.1, -0.05) is 6.58 Å². The molecule has 0 fully saturated rings. The van der Waals surface area contributed by atoms with Gasteiger partial charge in [0.2, 0.25) is 16.2 Å². The zero-order valence-electron chi connectivity index (χ0n) is 9.13. The third kappa shape index (κ3) is 5.50. The van der Waals surface area contributed by atoms with Gasteiger partial charge >= 0.3 is 0 Å². The second-order valence-corrected chi connectivity index (χ2v) is 4.07. The summed E-state index contributed by atoms with van der Waals surface area (Å²) in [4.78, 5) is 2.15. The second kappa shape index (κ2) is 5.84. The van der Waals surface area contributed by atoms with Crippen LogP contribution in [0.5, 0.6) is 0 Å². The van der Waals surface area contributed by atoms with Crippen molar-refractivity contribution in [3.8, 4) is 0 Å². The van der Waals surface area contributed by atoms with E-state index in [0.717, 1.165) is 20.2 Å². The molecular weight excluding hydrogens is 220 g/mol. The Hall–Kier alpha value is -0.920. The van der Waals surface area contributed by atoms with E-state index < -0.39 is 10.4 Å². The van der Waals surface area contributed by atoms with E-state index in [0.29, 0.717) is 0 Å². The highest BCUT2D eigenvalue weighted by Crippen LogP contribution is 1.98. The van der Waals surface area contributed by atoms with Gasteiger partial charge in [-0.05, 0) is 0 Å². The lowest BCUT2D eigenvalue weighted by Crippen LogP contribution is -2.19. The second-order valence-electron chi connectivity index (χ2n) is 2.92. The first kappa shape index (κ1) is 14.1. The Labute approximate surface area is 90.4 Å². The molecule has 7 heteroatoms. The summed E-state index contributed by atoms with van der Waals surface area (Å²) in [6.45, 7) is 8.02. The molecule has 0 amide bonds. The van der Waals surface area contributed by atoms with Crippen LogP contribution in [-0.4, -0.2) is 55.5 Å². The summed E-state index contributed by atoms with van der Waals surface area (Å²) in [5.74, 6) is 1.30. The number of hydrogen-bond acceptors (Lipinski definition) is 5. The summed E-state index contributed by atoms with van der Waals surface area (Å²) in [5.41, 5.74) is 0. The Morgan fingerprint density at radius 2 is 2.13 bits per heavy atom. The predicted octanol–water partition coefficient (Wildman–Crippen LogP) is -0.401. The van der Waals surface area contributed by atoms with Gasteiger partial charge in [-0.2, -0.15) is 0 Å². The molecule has 0 radical (unpaired) electrons. The number of rotatable bonds is 2. The van der Waals surface area contributed by atoms with Crippen molar-refractivity contribution in [2.75, 3.05) is 27.2 Å². The number of amidine groups is 1. The minimum Gasteiger partial charge on any atom is -0.726 e. The summed E-state index contributed by atoms with van der Waals surface area (Å²) >= 11 is 0. The third-order valence-electron chi connectivity index (χ3n) is 2.07. The van der Waals surface area contributed by atoms with E-state index in [9.17, 15) is 13.0 Å². The molecule has 0 aromatic carbocycles. The van der Waals surface area contributed by atoms with E-state index >= 15 is 0 Å². The Bertz CT molecular complexity index is 348. The Morgan fingerprint density at radius 3 is 2.27 bits per heavy atom. The van der Waals surface area contributed by atoms with Gasteiger partial charge in [0.1, 0.15) is 13.1 Å². The van der Waals surface area contributed by atoms with Gasteiger partial charge in [0.05, 0.1) is 20.4 Å². The van der Waals surface area contributed by atoms with Crippen LogP contribution in [0, 0.1) is 0 Å². The van der Waals surface area contributed by atoms with Crippen molar-refractivity contribution < 1.29 is 21.7 Å². The maximum atomic E-state index is 9.22. The van der Waals surface area contributed by atoms with Crippen molar-refractivity contribution in [1.29, 1.82) is 0 Å². The molecule has 0 aliphatic carbocycles. The van der Waals surface area contributed by atoms with Gasteiger partial charge in [-0.15, -0.1) is 0 Å². The largest absolute Gasteiger partial charge is 0.726 e. The van der Waals surface area contributed by atoms with Crippen LogP contribution in [0.3, 0.4) is 0 Å². The SMILES string of the molecule is C=CN1CC[N+](C)=C1C.COS(=O)(=O)[O-]. The molecule has 88 valence electrons. The van der Waals surface area contributed by atoms with Crippen LogP contribution in [-0.2, 0) is 14.6 Å². The molecule has 0 N–H and O–H groups in total. The molecule has 0 spiro atoms. The number of hydrogen-bond donors (Lipinski definition) is 0. The highest BCUT2D eigenvalue weighted by Gasteiger charge is 2.20. The first-order valence-electron chi connectivity index (χ1n) is 4.27. The molecule has 0 saturated carbocycles. The lowest BCUT2D eigenvalue weighted by atomic mass is 10.5. The quantitative estimate of drug-likeness (QED) is 0.370. The molecule has 1 aliphatic heterocycles. The zero-order valence-corrected chi connectivity index (χ0v) is 9.95. The van der Waals surface area contributed by atoms with Crippen molar-refractivity contribution >= 4 is 16.2 Å². The van der Waals surface area contributed by atoms with Crippen molar-refractivity contribution in [3.63, 3.8) is 0 Å². The van der Waals surface area contributed by atoms with Crippen LogP contribution in [0.1, 0.15) is 6.92 Å². The maximum absolute atomic E-state index is 9.22. The molecule has 6 nitrogen and oxygen atoms in total. The van der Waals surface area contributed by atoms with Crippen LogP contribution in [0.25, 0.3) is 0 Å². The monoisotopic (exact) mass is 236 g/mol. The van der Waals surface area contributed by atoms with Crippen molar-refractivity contribution in [2.24, 2.45) is 0 Å². The topological polar surface area (TPSA) is 72.7 Å². The molecule has 1 aliphatic rings. The first-order chi connectivity index (χ1) is 6.81. The molecule has 1 heterocycles. The predicted molar refractivity (Wildman–Crippen MR) is 55.3 cm³/mol. The molecule has 0 bridgehead atoms. The molecule has 1 rings (SSSR count). The zero-order chi connectivity index (χ0) is 12.1. The van der Waals surface area contributed by atoms with Crippen LogP contribution in [0.4, 0.5) is 0 Å². The summed E-state index contributed by atoms with van der Waals surface area (Å²) in [6, 6.07) is 0. The maximum Gasteiger partial charge on any atom is 0.248 e. The average Bonchev–Trinajstić information content (AvgIpc) is 2.47. The van der Waals surface area contributed by atoms with Crippen LogP contribution >= 0.6 is 0 Å². The molecule has 0 atom stereocenters. The molecule has 0 saturated heterocycles. The van der Waals surface area contributed by atoms with Gasteiger partial charge in [-0.3, -0.25) is 8.76 Å². The van der Waals surface area contributed by atoms with Crippen LogP contribution < -0.4 is 0 Å². The first-order valence-corrected chi connectivity index (χ1v) is 5.60. The molecule has 0 aromatic rings. The lowest BCUT2D eigenvalue weighted by Gasteiger charge is -2.00.